The molecule has 0 radical (unpaired) electrons. The van der Waals surface area contributed by atoms with Gasteiger partial charge in [-0.15, -0.1) is 0 Å². The van der Waals surface area contributed by atoms with Crippen molar-refractivity contribution < 1.29 is 9.59 Å². The van der Waals surface area contributed by atoms with Gasteiger partial charge < -0.3 is 15.5 Å². The standard InChI is InChI=1S/C33H31N3O2/c37-32-21-27(22-36(32)30-19-24-10-4-5-11-25(24)20-30)33(38)35-29-16-14-28(15-17-29)34-31-13-7-6-12-26(31)18-23-8-2-1-3-9-23/h1-17,27,30,34H,18-22H2,(H,35,38). The maximum Gasteiger partial charge on any atom is 0.229 e. The van der Waals surface area contributed by atoms with E-state index < -0.39 is 0 Å². The number of nitrogens with zero attached hydrogens (tertiary/aromatic N) is 1. The van der Waals surface area contributed by atoms with Gasteiger partial charge in [0.05, 0.1) is 5.92 Å². The lowest BCUT2D eigenvalue weighted by Gasteiger charge is -2.24. The summed E-state index contributed by atoms with van der Waals surface area (Å²) in [5.41, 5.74) is 7.86. The first kappa shape index (κ1) is 24.0. The maximum atomic E-state index is 13.0. The second kappa shape index (κ2) is 10.5. The van der Waals surface area contributed by atoms with E-state index in [2.05, 4.69) is 65.2 Å². The van der Waals surface area contributed by atoms with Crippen LogP contribution in [-0.4, -0.2) is 29.3 Å². The molecule has 6 rings (SSSR count). The fraction of sp³-hybridized carbons (Fsp3) is 0.212. The van der Waals surface area contributed by atoms with Crippen molar-refractivity contribution in [1.29, 1.82) is 0 Å². The monoisotopic (exact) mass is 501 g/mol. The van der Waals surface area contributed by atoms with E-state index in [4.69, 9.17) is 0 Å². The Morgan fingerprint density at radius 2 is 1.37 bits per heavy atom. The number of para-hydroxylation sites is 1. The van der Waals surface area contributed by atoms with Crippen molar-refractivity contribution in [2.45, 2.75) is 31.7 Å². The Morgan fingerprint density at radius 3 is 2.11 bits per heavy atom. The fourth-order valence-electron chi connectivity index (χ4n) is 5.67. The fourth-order valence-corrected chi connectivity index (χ4v) is 5.67. The Labute approximate surface area is 223 Å². The molecule has 1 aliphatic carbocycles. The van der Waals surface area contributed by atoms with Crippen molar-refractivity contribution in [2.24, 2.45) is 5.92 Å². The summed E-state index contributed by atoms with van der Waals surface area (Å²) in [4.78, 5) is 27.7. The van der Waals surface area contributed by atoms with Gasteiger partial charge in [0, 0.05) is 36.1 Å². The first-order valence-electron chi connectivity index (χ1n) is 13.3. The third-order valence-corrected chi connectivity index (χ3v) is 7.69. The molecule has 1 unspecified atom stereocenters. The topological polar surface area (TPSA) is 61.4 Å². The van der Waals surface area contributed by atoms with Crippen molar-refractivity contribution in [2.75, 3.05) is 17.2 Å². The Balaban J connectivity index is 1.06. The van der Waals surface area contributed by atoms with Crippen LogP contribution in [0.5, 0.6) is 0 Å². The summed E-state index contributed by atoms with van der Waals surface area (Å²) in [5, 5.41) is 6.54. The maximum absolute atomic E-state index is 13.0. The molecule has 0 saturated carbocycles. The van der Waals surface area contributed by atoms with Gasteiger partial charge in [0.1, 0.15) is 0 Å². The van der Waals surface area contributed by atoms with Crippen LogP contribution < -0.4 is 10.6 Å². The second-order valence-corrected chi connectivity index (χ2v) is 10.3. The Hall–Kier alpha value is -4.38. The number of carbonyl (C=O) groups is 2. The molecule has 2 amide bonds. The van der Waals surface area contributed by atoms with Crippen molar-refractivity contribution in [3.8, 4) is 0 Å². The van der Waals surface area contributed by atoms with Gasteiger partial charge in [-0.25, -0.2) is 0 Å². The highest BCUT2D eigenvalue weighted by atomic mass is 16.2. The summed E-state index contributed by atoms with van der Waals surface area (Å²) in [5.74, 6) is -0.337. The van der Waals surface area contributed by atoms with Crippen molar-refractivity contribution in [3.63, 3.8) is 0 Å². The number of carbonyl (C=O) groups excluding carboxylic acids is 2. The molecular weight excluding hydrogens is 470 g/mol. The number of rotatable bonds is 7. The molecule has 2 N–H and O–H groups in total. The average molecular weight is 502 g/mol. The molecule has 4 aromatic rings. The number of fused-ring (bicyclic) bond motifs is 1. The van der Waals surface area contributed by atoms with E-state index in [9.17, 15) is 9.59 Å². The Bertz CT molecular complexity index is 1420. The molecular formula is C33H31N3O2. The number of amides is 2. The van der Waals surface area contributed by atoms with Crippen LogP contribution in [0.15, 0.2) is 103 Å². The second-order valence-electron chi connectivity index (χ2n) is 10.3. The summed E-state index contributed by atoms with van der Waals surface area (Å²) in [7, 11) is 0. The molecule has 5 heteroatoms. The van der Waals surface area contributed by atoms with Gasteiger partial charge in [-0.3, -0.25) is 9.59 Å². The van der Waals surface area contributed by atoms with Crippen molar-refractivity contribution >= 4 is 28.9 Å². The number of hydrogen-bond acceptors (Lipinski definition) is 3. The van der Waals surface area contributed by atoms with E-state index in [0.29, 0.717) is 6.54 Å². The smallest absolute Gasteiger partial charge is 0.229 e. The van der Waals surface area contributed by atoms with E-state index in [-0.39, 0.29) is 30.2 Å². The minimum atomic E-state index is -0.325. The lowest BCUT2D eigenvalue weighted by molar-refractivity contribution is -0.129. The van der Waals surface area contributed by atoms with Gasteiger partial charge in [0.15, 0.2) is 0 Å². The van der Waals surface area contributed by atoms with Gasteiger partial charge in [-0.1, -0.05) is 72.8 Å². The van der Waals surface area contributed by atoms with Crippen LogP contribution in [0, 0.1) is 5.92 Å². The minimum Gasteiger partial charge on any atom is -0.355 e. The summed E-state index contributed by atoms with van der Waals surface area (Å²) in [6.45, 7) is 0.487. The molecule has 1 atom stereocenters. The molecule has 0 spiro atoms. The first-order valence-corrected chi connectivity index (χ1v) is 13.3. The van der Waals surface area contributed by atoms with Crippen LogP contribution in [0.25, 0.3) is 0 Å². The number of likely N-dealkylation sites (tertiary alicyclic amines) is 1. The highest BCUT2D eigenvalue weighted by Crippen LogP contribution is 2.31. The number of hydrogen-bond donors (Lipinski definition) is 2. The largest absolute Gasteiger partial charge is 0.355 e. The SMILES string of the molecule is O=C(Nc1ccc(Nc2ccccc2Cc2ccccc2)cc1)C1CC(=O)N(C2Cc3ccccc3C2)C1. The van der Waals surface area contributed by atoms with E-state index >= 15 is 0 Å². The van der Waals surface area contributed by atoms with E-state index in [0.717, 1.165) is 36.3 Å². The van der Waals surface area contributed by atoms with Crippen molar-refractivity contribution in [1.82, 2.24) is 4.90 Å². The van der Waals surface area contributed by atoms with E-state index in [1.807, 2.05) is 53.4 Å². The zero-order valence-electron chi connectivity index (χ0n) is 21.3. The summed E-state index contributed by atoms with van der Waals surface area (Å²) < 4.78 is 0. The average Bonchev–Trinajstić information content (AvgIpc) is 3.55. The normalized spacial score (nSPS) is 16.9. The van der Waals surface area contributed by atoms with Crippen LogP contribution in [0.1, 0.15) is 28.7 Å². The zero-order valence-corrected chi connectivity index (χ0v) is 21.3. The van der Waals surface area contributed by atoms with E-state index in [1.54, 1.807) is 0 Å². The molecule has 38 heavy (non-hydrogen) atoms. The molecule has 1 saturated heterocycles. The quantitative estimate of drug-likeness (QED) is 0.328. The highest BCUT2D eigenvalue weighted by Gasteiger charge is 2.39. The lowest BCUT2D eigenvalue weighted by Crippen LogP contribution is -2.38. The number of anilines is 3. The predicted octanol–water partition coefficient (Wildman–Crippen LogP) is 5.98. The van der Waals surface area contributed by atoms with Gasteiger partial charge in [-0.05, 0) is 71.8 Å². The summed E-state index contributed by atoms with van der Waals surface area (Å²) >= 11 is 0. The molecule has 0 bridgehead atoms. The van der Waals surface area contributed by atoms with Gasteiger partial charge >= 0.3 is 0 Å². The van der Waals surface area contributed by atoms with Crippen LogP contribution in [0.4, 0.5) is 17.1 Å². The van der Waals surface area contributed by atoms with Gasteiger partial charge in [-0.2, -0.15) is 0 Å². The van der Waals surface area contributed by atoms with Crippen LogP contribution >= 0.6 is 0 Å². The first-order chi connectivity index (χ1) is 18.6. The third-order valence-electron chi connectivity index (χ3n) is 7.69. The van der Waals surface area contributed by atoms with Gasteiger partial charge in [0.25, 0.3) is 0 Å². The van der Waals surface area contributed by atoms with E-state index in [1.165, 1.54) is 22.3 Å². The lowest BCUT2D eigenvalue weighted by atomic mass is 10.0. The molecule has 190 valence electrons. The molecule has 1 fully saturated rings. The highest BCUT2D eigenvalue weighted by molar-refractivity contribution is 5.97. The predicted molar refractivity (Wildman–Crippen MR) is 152 cm³/mol. The minimum absolute atomic E-state index is 0.0803. The molecule has 4 aromatic carbocycles. The molecule has 1 heterocycles. The van der Waals surface area contributed by atoms with Crippen molar-refractivity contribution in [3.05, 3.63) is 125 Å². The van der Waals surface area contributed by atoms with Gasteiger partial charge in [0.2, 0.25) is 11.8 Å². The molecule has 5 nitrogen and oxygen atoms in total. The van der Waals surface area contributed by atoms with Crippen LogP contribution in [0.2, 0.25) is 0 Å². The zero-order chi connectivity index (χ0) is 25.9. The third kappa shape index (κ3) is 5.18. The summed E-state index contributed by atoms with van der Waals surface area (Å²) in [6, 6.07) is 35.0. The Morgan fingerprint density at radius 1 is 0.737 bits per heavy atom. The van der Waals surface area contributed by atoms with Crippen LogP contribution in [-0.2, 0) is 28.9 Å². The molecule has 0 aromatic heterocycles. The molecule has 1 aliphatic heterocycles. The summed E-state index contributed by atoms with van der Waals surface area (Å²) in [6.07, 6.45) is 2.87. The number of nitrogens with one attached hydrogen (secondary N) is 2. The molecule has 2 aliphatic rings. The van der Waals surface area contributed by atoms with Crippen LogP contribution in [0.3, 0.4) is 0 Å². The Kier molecular flexibility index (Phi) is 6.65. The number of benzene rings is 4.